The van der Waals surface area contributed by atoms with Gasteiger partial charge in [-0.05, 0) is 214 Å². The summed E-state index contributed by atoms with van der Waals surface area (Å²) in [5.41, 5.74) is 33.8. The summed E-state index contributed by atoms with van der Waals surface area (Å²) in [7, 11) is 0. The van der Waals surface area contributed by atoms with E-state index in [0.717, 1.165) is 169 Å². The highest BCUT2D eigenvalue weighted by molar-refractivity contribution is 6.06. The minimum atomic E-state index is 0.547. The number of nitriles is 3. The molecule has 0 saturated carbocycles. The van der Waals surface area contributed by atoms with Crippen molar-refractivity contribution in [1.82, 2.24) is 15.0 Å². The van der Waals surface area contributed by atoms with Crippen molar-refractivity contribution < 1.29 is 0 Å². The van der Waals surface area contributed by atoms with Crippen LogP contribution in [-0.4, -0.2) is 15.0 Å². The molecule has 15 aromatic carbocycles. The lowest BCUT2D eigenvalue weighted by Crippen LogP contribution is -2.23. The Morgan fingerprint density at radius 1 is 0.175 bits per heavy atom. The van der Waals surface area contributed by atoms with E-state index in [2.05, 4.69) is 396 Å². The molecule has 0 amide bonds. The summed E-state index contributed by atoms with van der Waals surface area (Å²) in [4.78, 5) is 26.8. The average molecular weight is 1540 g/mol. The van der Waals surface area contributed by atoms with Gasteiger partial charge in [0, 0.05) is 88.0 Å². The second-order valence-electron chi connectivity index (χ2n) is 28.9. The first-order valence-corrected chi connectivity index (χ1v) is 39.6. The summed E-state index contributed by atoms with van der Waals surface area (Å²) >= 11 is 0. The van der Waals surface area contributed by atoms with E-state index in [0.29, 0.717) is 16.7 Å². The molecule has 564 valence electrons. The average Bonchev–Trinajstić information content (AvgIpc) is 0.742. The van der Waals surface area contributed by atoms with Crippen LogP contribution in [0.5, 0.6) is 0 Å². The first-order chi connectivity index (χ1) is 59.5. The third kappa shape index (κ3) is 13.9. The second-order valence-corrected chi connectivity index (χ2v) is 28.9. The van der Waals surface area contributed by atoms with Gasteiger partial charge in [-0.25, -0.2) is 0 Å². The van der Waals surface area contributed by atoms with Crippen LogP contribution in [0, 0.1) is 34.0 Å². The molecule has 120 heavy (non-hydrogen) atoms. The molecule has 3 aromatic heterocycles. The normalized spacial score (nSPS) is 11.9. The quantitative estimate of drug-likeness (QED) is 0.115. The fourth-order valence-corrected chi connectivity index (χ4v) is 16.7. The van der Waals surface area contributed by atoms with Gasteiger partial charge in [-0.1, -0.05) is 237 Å². The number of hydrogen-bond donors (Lipinski definition) is 0. The molecule has 21 rings (SSSR count). The predicted octanol–water partition coefficient (Wildman–Crippen LogP) is 28.6. The van der Waals surface area contributed by atoms with Crippen molar-refractivity contribution in [3.8, 4) is 85.0 Å². The topological polar surface area (TPSA) is 129 Å². The van der Waals surface area contributed by atoms with Crippen molar-refractivity contribution in [2.75, 3.05) is 29.4 Å². The maximum Gasteiger partial charge on any atom is 0.101 e. The van der Waals surface area contributed by atoms with E-state index in [1.807, 2.05) is 66.9 Å². The summed E-state index contributed by atoms with van der Waals surface area (Å²) in [6.45, 7) is 0. The Kier molecular flexibility index (Phi) is 20.0. The number of fused-ring (bicyclic) bond motifs is 6. The van der Waals surface area contributed by atoms with E-state index in [9.17, 15) is 15.8 Å². The number of hydrogen-bond acceptors (Lipinski definition) is 12. The van der Waals surface area contributed by atoms with Crippen molar-refractivity contribution in [3.63, 3.8) is 0 Å². The van der Waals surface area contributed by atoms with Gasteiger partial charge >= 0.3 is 0 Å². The number of nitrogens with zero attached hydrogens (tertiary/aromatic N) is 12. The molecule has 0 atom stereocenters. The van der Waals surface area contributed by atoms with Crippen molar-refractivity contribution in [2.45, 2.75) is 0 Å². The molecule has 3 aliphatic rings. The Morgan fingerprint density at radius 3 is 0.792 bits per heavy atom. The number of rotatable bonds is 12. The molecule has 12 heteroatoms. The standard InChI is InChI=1S/3C36H24N4/c37-23-26-21-28(25-38-24-26)32-16-5-4-15-31(32)27-11-10-14-30(22-27)40-35-19-8-6-17-33(35)39(29-12-2-1-3-13-29)34-18-7-9-20-36(34)40;37-24-27-25-38-22-21-31(27)32-16-5-4-15-30(32)26-11-10-14-29(23-26)40-35-19-8-6-17-33(35)39(28-12-2-1-3-13-28)34-18-7-9-20-36(34)40;37-24-27-21-22-38-25-32(27)31-16-5-4-15-30(31)26-11-10-14-29(23-26)40-35-19-8-6-17-33(35)39(28-12-2-1-3-13-28)34-18-7-9-20-36(34)40/h1-22,24-25H;2*1-23,25H. The fraction of sp³-hybridized carbons (Fsp3) is 0. The maximum atomic E-state index is 9.76. The summed E-state index contributed by atoms with van der Waals surface area (Å²) in [6.07, 6.45) is 10.2. The van der Waals surface area contributed by atoms with Crippen LogP contribution in [0.2, 0.25) is 0 Å². The summed E-state index contributed by atoms with van der Waals surface area (Å²) < 4.78 is 0. The Hall–Kier alpha value is -17.0. The van der Waals surface area contributed by atoms with Crippen molar-refractivity contribution in [3.05, 3.63) is 454 Å². The van der Waals surface area contributed by atoms with Gasteiger partial charge in [0.05, 0.1) is 91.0 Å². The predicted molar refractivity (Wildman–Crippen MR) is 488 cm³/mol. The number of anilines is 18. The molecular formula is C108H72N12. The molecule has 12 nitrogen and oxygen atoms in total. The molecule has 0 spiro atoms. The van der Waals surface area contributed by atoms with Gasteiger partial charge < -0.3 is 29.4 Å². The molecule has 6 heterocycles. The van der Waals surface area contributed by atoms with E-state index < -0.39 is 0 Å². The van der Waals surface area contributed by atoms with Crippen molar-refractivity contribution in [1.29, 1.82) is 15.8 Å². The third-order valence-electron chi connectivity index (χ3n) is 21.9. The molecule has 0 radical (unpaired) electrons. The largest absolute Gasteiger partial charge is 0.306 e. The smallest absolute Gasteiger partial charge is 0.101 e. The summed E-state index contributed by atoms with van der Waals surface area (Å²) in [6, 6.07) is 146. The molecule has 0 fully saturated rings. The summed E-state index contributed by atoms with van der Waals surface area (Å²) in [5.74, 6) is 0. The highest BCUT2D eigenvalue weighted by Gasteiger charge is 2.34. The van der Waals surface area contributed by atoms with Crippen molar-refractivity contribution in [2.24, 2.45) is 0 Å². The van der Waals surface area contributed by atoms with Crippen LogP contribution in [0.4, 0.5) is 102 Å². The van der Waals surface area contributed by atoms with Gasteiger partial charge in [0.25, 0.3) is 0 Å². The zero-order valence-electron chi connectivity index (χ0n) is 64.9. The van der Waals surface area contributed by atoms with E-state index >= 15 is 0 Å². The number of benzene rings is 15. The molecule has 0 N–H and O–H groups in total. The van der Waals surface area contributed by atoms with Crippen LogP contribution < -0.4 is 29.4 Å². The van der Waals surface area contributed by atoms with E-state index in [-0.39, 0.29) is 0 Å². The number of pyridine rings is 3. The minimum Gasteiger partial charge on any atom is -0.306 e. The lowest BCUT2D eigenvalue weighted by atomic mass is 9.92. The zero-order chi connectivity index (χ0) is 80.7. The molecule has 3 aliphatic heterocycles. The monoisotopic (exact) mass is 1540 g/mol. The van der Waals surface area contributed by atoms with Gasteiger partial charge in [0.2, 0.25) is 0 Å². The molecular weight excluding hydrogens is 1470 g/mol. The summed E-state index contributed by atoms with van der Waals surface area (Å²) in [5, 5.41) is 28.9. The lowest BCUT2D eigenvalue weighted by molar-refractivity contribution is 1.17. The Balaban J connectivity index is 0.000000119. The number of aromatic nitrogens is 3. The first-order valence-electron chi connectivity index (χ1n) is 39.6. The van der Waals surface area contributed by atoms with Crippen LogP contribution in [0.15, 0.2) is 438 Å². The fourth-order valence-electron chi connectivity index (χ4n) is 16.7. The maximum absolute atomic E-state index is 9.76. The Bertz CT molecular complexity index is 6570. The lowest BCUT2D eigenvalue weighted by Gasteiger charge is -2.40. The van der Waals surface area contributed by atoms with Crippen LogP contribution in [0.1, 0.15) is 16.7 Å². The van der Waals surface area contributed by atoms with Crippen LogP contribution in [0.25, 0.3) is 66.8 Å². The van der Waals surface area contributed by atoms with Crippen LogP contribution >= 0.6 is 0 Å². The molecule has 0 unspecified atom stereocenters. The molecule has 18 aromatic rings. The van der Waals surface area contributed by atoms with Crippen LogP contribution in [0.3, 0.4) is 0 Å². The van der Waals surface area contributed by atoms with Gasteiger partial charge in [-0.3, -0.25) is 15.0 Å². The van der Waals surface area contributed by atoms with Gasteiger partial charge in [-0.2, -0.15) is 15.8 Å². The van der Waals surface area contributed by atoms with Gasteiger partial charge in [0.1, 0.15) is 12.1 Å². The minimum absolute atomic E-state index is 0.547. The number of para-hydroxylation sites is 15. The van der Waals surface area contributed by atoms with E-state index in [4.69, 9.17) is 0 Å². The molecule has 0 bridgehead atoms. The zero-order valence-corrected chi connectivity index (χ0v) is 64.9. The molecule has 0 aliphatic carbocycles. The Morgan fingerprint density at radius 2 is 0.450 bits per heavy atom. The third-order valence-corrected chi connectivity index (χ3v) is 21.9. The highest BCUT2D eigenvalue weighted by atomic mass is 15.3. The Labute approximate surface area is 697 Å². The second kappa shape index (κ2) is 32.9. The van der Waals surface area contributed by atoms with Crippen LogP contribution in [-0.2, 0) is 0 Å². The van der Waals surface area contributed by atoms with Gasteiger partial charge in [-0.15, -0.1) is 0 Å². The van der Waals surface area contributed by atoms with Gasteiger partial charge in [0.15, 0.2) is 0 Å². The molecule has 0 saturated heterocycles. The van der Waals surface area contributed by atoms with Crippen molar-refractivity contribution >= 4 is 102 Å². The van der Waals surface area contributed by atoms with E-state index in [1.165, 1.54) is 0 Å². The van der Waals surface area contributed by atoms with E-state index in [1.54, 1.807) is 37.1 Å². The highest BCUT2D eigenvalue weighted by Crippen LogP contribution is 2.58. The first kappa shape index (κ1) is 73.2. The SMILES string of the molecule is N#Cc1ccncc1-c1ccccc1-c1cccc(N2c3ccccc3N(c3ccccc3)c3ccccc32)c1.N#Cc1cncc(-c2ccccc2-c2cccc(N3c4ccccc4N(c4ccccc4)c4ccccc43)c2)c1.N#Cc1cnccc1-c1ccccc1-c1cccc(N2c3ccccc3N(c3ccccc3)c3ccccc32)c1.